The third kappa shape index (κ3) is 5.92. The molecule has 1 amide bonds. The summed E-state index contributed by atoms with van der Waals surface area (Å²) in [5.41, 5.74) is -0.474. The summed E-state index contributed by atoms with van der Waals surface area (Å²) in [5.74, 6) is 1.46. The molecule has 2 unspecified atom stereocenters. The van der Waals surface area contributed by atoms with Gasteiger partial charge in [0.1, 0.15) is 5.60 Å². The molecule has 118 valence electrons. The molecule has 2 aliphatic rings. The van der Waals surface area contributed by atoms with Crippen LogP contribution >= 0.6 is 0 Å². The lowest BCUT2D eigenvalue weighted by molar-refractivity contribution is 0.0451. The van der Waals surface area contributed by atoms with E-state index in [1.807, 2.05) is 20.8 Å². The Hall–Kier alpha value is -1.28. The highest BCUT2D eigenvalue weighted by Crippen LogP contribution is 2.37. The molecule has 0 radical (unpaired) electrons. The maximum absolute atomic E-state index is 11.9. The number of piperidine rings is 1. The minimum absolute atomic E-state index is 0.0886. The summed E-state index contributed by atoms with van der Waals surface area (Å²) in [6.07, 6.45) is 4.57. The molecule has 2 fully saturated rings. The molecule has 0 bridgehead atoms. The van der Waals surface area contributed by atoms with E-state index in [4.69, 9.17) is 10.00 Å². The highest BCUT2D eigenvalue weighted by atomic mass is 16.6. The van der Waals surface area contributed by atoms with E-state index in [2.05, 4.69) is 16.3 Å². The second-order valence-corrected chi connectivity index (χ2v) is 7.48. The van der Waals surface area contributed by atoms with Crippen LogP contribution < -0.4 is 5.32 Å². The van der Waals surface area contributed by atoms with Gasteiger partial charge in [0.25, 0.3) is 0 Å². The van der Waals surface area contributed by atoms with Gasteiger partial charge < -0.3 is 10.1 Å². The lowest BCUT2D eigenvalue weighted by Gasteiger charge is -2.37. The van der Waals surface area contributed by atoms with Gasteiger partial charge in [-0.3, -0.25) is 4.90 Å². The smallest absolute Gasteiger partial charge is 0.407 e. The SMILES string of the molecule is CC(C)(C)OC(=O)NC1CC(CC2CC2)CN(CC#N)C1. The van der Waals surface area contributed by atoms with Crippen molar-refractivity contribution >= 4 is 6.09 Å². The minimum atomic E-state index is -0.474. The average molecular weight is 293 g/mol. The molecule has 0 spiro atoms. The van der Waals surface area contributed by atoms with E-state index < -0.39 is 5.60 Å². The van der Waals surface area contributed by atoms with E-state index in [-0.39, 0.29) is 12.1 Å². The molecule has 1 heterocycles. The van der Waals surface area contributed by atoms with Crippen LogP contribution in [0.5, 0.6) is 0 Å². The zero-order valence-electron chi connectivity index (χ0n) is 13.4. The van der Waals surface area contributed by atoms with Gasteiger partial charge in [-0.25, -0.2) is 4.79 Å². The lowest BCUT2D eigenvalue weighted by atomic mass is 9.90. The van der Waals surface area contributed by atoms with Gasteiger partial charge in [-0.15, -0.1) is 0 Å². The van der Waals surface area contributed by atoms with Crippen molar-refractivity contribution < 1.29 is 9.53 Å². The number of rotatable bonds is 4. The summed E-state index contributed by atoms with van der Waals surface area (Å²) < 4.78 is 5.33. The Labute approximate surface area is 127 Å². The minimum Gasteiger partial charge on any atom is -0.444 e. The van der Waals surface area contributed by atoms with Crippen LogP contribution in [-0.4, -0.2) is 42.3 Å². The second-order valence-electron chi connectivity index (χ2n) is 7.48. The number of hydrogen-bond donors (Lipinski definition) is 1. The molecule has 2 atom stereocenters. The summed E-state index contributed by atoms with van der Waals surface area (Å²) >= 11 is 0. The molecule has 21 heavy (non-hydrogen) atoms. The molecule has 0 aromatic heterocycles. The van der Waals surface area contributed by atoms with Gasteiger partial charge in [0.15, 0.2) is 0 Å². The van der Waals surface area contributed by atoms with Gasteiger partial charge in [-0.05, 0) is 45.4 Å². The van der Waals surface area contributed by atoms with Crippen molar-refractivity contribution in [3.05, 3.63) is 0 Å². The van der Waals surface area contributed by atoms with Crippen molar-refractivity contribution in [2.75, 3.05) is 19.6 Å². The van der Waals surface area contributed by atoms with Crippen LogP contribution in [0.15, 0.2) is 0 Å². The van der Waals surface area contributed by atoms with Crippen molar-refractivity contribution in [3.63, 3.8) is 0 Å². The quantitative estimate of drug-likeness (QED) is 0.809. The topological polar surface area (TPSA) is 65.4 Å². The van der Waals surface area contributed by atoms with Gasteiger partial charge in [-0.1, -0.05) is 12.8 Å². The van der Waals surface area contributed by atoms with Gasteiger partial charge in [-0.2, -0.15) is 5.26 Å². The number of likely N-dealkylation sites (tertiary alicyclic amines) is 1. The fraction of sp³-hybridized carbons (Fsp3) is 0.875. The zero-order chi connectivity index (χ0) is 15.5. The number of nitrogens with zero attached hydrogens (tertiary/aromatic N) is 2. The Kier molecular flexibility index (Phi) is 5.10. The van der Waals surface area contributed by atoms with Gasteiger partial charge >= 0.3 is 6.09 Å². The van der Waals surface area contributed by atoms with Crippen LogP contribution in [0.25, 0.3) is 0 Å². The van der Waals surface area contributed by atoms with E-state index >= 15 is 0 Å². The summed E-state index contributed by atoms with van der Waals surface area (Å²) in [4.78, 5) is 14.1. The zero-order valence-corrected chi connectivity index (χ0v) is 13.4. The van der Waals surface area contributed by atoms with Crippen LogP contribution in [0.3, 0.4) is 0 Å². The van der Waals surface area contributed by atoms with Crippen LogP contribution in [0.4, 0.5) is 4.79 Å². The molecule has 1 aliphatic carbocycles. The number of hydrogen-bond acceptors (Lipinski definition) is 4. The lowest BCUT2D eigenvalue weighted by Crippen LogP contribution is -2.51. The molecule has 5 heteroatoms. The van der Waals surface area contributed by atoms with Crippen molar-refractivity contribution in [1.82, 2.24) is 10.2 Å². The molecular weight excluding hydrogens is 266 g/mol. The Morgan fingerprint density at radius 1 is 1.33 bits per heavy atom. The van der Waals surface area contributed by atoms with E-state index in [1.54, 1.807) is 0 Å². The van der Waals surface area contributed by atoms with Crippen molar-refractivity contribution in [2.24, 2.45) is 11.8 Å². The maximum atomic E-state index is 11.9. The van der Waals surface area contributed by atoms with Crippen LogP contribution in [-0.2, 0) is 4.74 Å². The number of nitriles is 1. The fourth-order valence-electron chi connectivity index (χ4n) is 3.11. The molecule has 5 nitrogen and oxygen atoms in total. The molecule has 1 aliphatic heterocycles. The fourth-order valence-corrected chi connectivity index (χ4v) is 3.11. The van der Waals surface area contributed by atoms with Gasteiger partial charge in [0.2, 0.25) is 0 Å². The van der Waals surface area contributed by atoms with Gasteiger partial charge in [0, 0.05) is 19.1 Å². The average Bonchev–Trinajstić information content (AvgIpc) is 3.10. The van der Waals surface area contributed by atoms with Crippen molar-refractivity contribution in [2.45, 2.75) is 58.1 Å². The Morgan fingerprint density at radius 3 is 2.62 bits per heavy atom. The molecule has 1 N–H and O–H groups in total. The molecule has 1 saturated carbocycles. The van der Waals surface area contributed by atoms with E-state index in [0.717, 1.165) is 25.4 Å². The molecule has 0 aromatic rings. The van der Waals surface area contributed by atoms with Crippen molar-refractivity contribution in [1.29, 1.82) is 5.26 Å². The highest BCUT2D eigenvalue weighted by molar-refractivity contribution is 5.68. The Bertz CT molecular complexity index is 407. The first kappa shape index (κ1) is 16.1. The van der Waals surface area contributed by atoms with Crippen LogP contribution in [0.2, 0.25) is 0 Å². The summed E-state index contributed by atoms with van der Waals surface area (Å²) in [7, 11) is 0. The first-order valence-electron chi connectivity index (χ1n) is 7.94. The third-order valence-electron chi connectivity index (χ3n) is 3.99. The normalized spacial score (nSPS) is 27.0. The van der Waals surface area contributed by atoms with E-state index in [9.17, 15) is 4.79 Å². The summed E-state index contributed by atoms with van der Waals surface area (Å²) in [6.45, 7) is 7.76. The molecular formula is C16H27N3O2. The van der Waals surface area contributed by atoms with Crippen molar-refractivity contribution in [3.8, 4) is 6.07 Å². The number of alkyl carbamates (subject to hydrolysis) is 1. The predicted octanol–water partition coefficient (Wildman–Crippen LogP) is 2.53. The van der Waals surface area contributed by atoms with E-state index in [1.165, 1.54) is 19.3 Å². The van der Waals surface area contributed by atoms with Gasteiger partial charge in [0.05, 0.1) is 12.6 Å². The first-order valence-corrected chi connectivity index (χ1v) is 7.94. The maximum Gasteiger partial charge on any atom is 0.407 e. The number of nitrogens with one attached hydrogen (secondary N) is 1. The standard InChI is InChI=1S/C16H27N3O2/c1-16(2,3)21-15(20)18-14-9-13(8-12-4-5-12)10-19(11-14)7-6-17/h12-14H,4-5,7-11H2,1-3H3,(H,18,20). The molecule has 2 rings (SSSR count). The number of amides is 1. The molecule has 1 saturated heterocycles. The first-order chi connectivity index (χ1) is 9.85. The molecule has 0 aromatic carbocycles. The number of carbonyl (C=O) groups excluding carboxylic acids is 1. The predicted molar refractivity (Wildman–Crippen MR) is 80.7 cm³/mol. The Morgan fingerprint density at radius 2 is 2.05 bits per heavy atom. The summed E-state index contributed by atoms with van der Waals surface area (Å²) in [6, 6.07) is 2.31. The van der Waals surface area contributed by atoms with Crippen LogP contribution in [0, 0.1) is 23.2 Å². The second kappa shape index (κ2) is 6.65. The number of carbonyl (C=O) groups is 1. The van der Waals surface area contributed by atoms with Crippen LogP contribution in [0.1, 0.15) is 46.5 Å². The van der Waals surface area contributed by atoms with E-state index in [0.29, 0.717) is 12.5 Å². The summed E-state index contributed by atoms with van der Waals surface area (Å²) in [5, 5.41) is 11.9. The third-order valence-corrected chi connectivity index (χ3v) is 3.99. The highest BCUT2D eigenvalue weighted by Gasteiger charge is 2.33. The monoisotopic (exact) mass is 293 g/mol. The Balaban J connectivity index is 1.87. The number of ether oxygens (including phenoxy) is 1. The largest absolute Gasteiger partial charge is 0.444 e.